The number of halogens is 5. The van der Waals surface area contributed by atoms with E-state index in [1.807, 2.05) is 0 Å². The van der Waals surface area contributed by atoms with Crippen LogP contribution in [0.3, 0.4) is 0 Å². The summed E-state index contributed by atoms with van der Waals surface area (Å²) < 4.78 is 66.7. The molecule has 1 amide bonds. The molecule has 0 atom stereocenters. The lowest BCUT2D eigenvalue weighted by molar-refractivity contribution is -0.201. The molecule has 3 N–H and O–H groups in total. The van der Waals surface area contributed by atoms with Crippen molar-refractivity contribution in [3.8, 4) is 0 Å². The normalized spacial score (nSPS) is 13.4. The van der Waals surface area contributed by atoms with Crippen molar-refractivity contribution in [3.05, 3.63) is 58.7 Å². The van der Waals surface area contributed by atoms with Gasteiger partial charge in [-0.25, -0.2) is 18.6 Å². The number of anilines is 2. The number of carbonyl (C=O) groups is 2. The third-order valence-electron chi connectivity index (χ3n) is 4.29. The Labute approximate surface area is 166 Å². The molecule has 1 heterocycles. The highest BCUT2D eigenvalue weighted by atomic mass is 19.4. The summed E-state index contributed by atoms with van der Waals surface area (Å²) in [4.78, 5) is 27.6. The summed E-state index contributed by atoms with van der Waals surface area (Å²) in [5.41, 5.74) is 4.48. The van der Waals surface area contributed by atoms with E-state index in [0.717, 1.165) is 10.6 Å². The molecule has 0 fully saturated rings. The first kappa shape index (κ1) is 21.3. The second-order valence-corrected chi connectivity index (χ2v) is 6.32. The number of alkyl halides is 3. The molecule has 0 saturated heterocycles. The number of rotatable bonds is 5. The number of amides is 1. The van der Waals surface area contributed by atoms with Crippen LogP contribution in [0.4, 0.5) is 33.3 Å². The molecule has 3 rings (SSSR count). The van der Waals surface area contributed by atoms with Crippen molar-refractivity contribution in [3.63, 3.8) is 0 Å². The van der Waals surface area contributed by atoms with Crippen molar-refractivity contribution >= 4 is 23.3 Å². The average molecular weight is 430 g/mol. The Kier molecular flexibility index (Phi) is 5.53. The van der Waals surface area contributed by atoms with E-state index in [9.17, 15) is 31.5 Å². The van der Waals surface area contributed by atoms with E-state index in [0.29, 0.717) is 17.8 Å². The minimum Gasteiger partial charge on any atom is -0.366 e. The van der Waals surface area contributed by atoms with E-state index >= 15 is 0 Å². The van der Waals surface area contributed by atoms with Crippen LogP contribution in [0.25, 0.3) is 0 Å². The van der Waals surface area contributed by atoms with E-state index in [4.69, 9.17) is 5.73 Å². The van der Waals surface area contributed by atoms with Crippen LogP contribution < -0.4 is 21.2 Å². The van der Waals surface area contributed by atoms with E-state index in [2.05, 4.69) is 10.2 Å². The molecule has 0 radical (unpaired) electrons. The first-order valence-corrected chi connectivity index (χ1v) is 8.45. The van der Waals surface area contributed by atoms with Gasteiger partial charge in [-0.15, -0.1) is 5.17 Å². The van der Waals surface area contributed by atoms with Gasteiger partial charge in [0.1, 0.15) is 5.69 Å². The van der Waals surface area contributed by atoms with Gasteiger partial charge in [0.25, 0.3) is 5.91 Å². The molecule has 30 heavy (non-hydrogen) atoms. The molecular formula is C18H15F5N4O3. The predicted octanol–water partition coefficient (Wildman–Crippen LogP) is 2.55. The van der Waals surface area contributed by atoms with Crippen LogP contribution in [-0.4, -0.2) is 25.1 Å². The Balaban J connectivity index is 2.12. The molecule has 1 aliphatic heterocycles. The lowest BCUT2D eigenvalue weighted by Crippen LogP contribution is -2.43. The average Bonchev–Trinajstić information content (AvgIpc) is 3.04. The van der Waals surface area contributed by atoms with Crippen molar-refractivity contribution < 1.29 is 36.4 Å². The molecule has 1 aliphatic rings. The van der Waals surface area contributed by atoms with Gasteiger partial charge >= 0.3 is 12.1 Å². The van der Waals surface area contributed by atoms with Gasteiger partial charge in [0.05, 0.1) is 17.8 Å². The molecule has 0 unspecified atom stereocenters. The number of carbonyl (C=O) groups excluding carboxylic acids is 2. The molecule has 160 valence electrons. The topological polar surface area (TPSA) is 87.9 Å². The van der Waals surface area contributed by atoms with Crippen LogP contribution >= 0.6 is 0 Å². The van der Waals surface area contributed by atoms with Crippen molar-refractivity contribution in [2.45, 2.75) is 19.3 Å². The molecule has 12 heteroatoms. The number of primary amides is 1. The highest BCUT2D eigenvalue weighted by Gasteiger charge is 2.46. The van der Waals surface area contributed by atoms with Gasteiger partial charge in [-0.3, -0.25) is 4.79 Å². The quantitative estimate of drug-likeness (QED) is 0.709. The van der Waals surface area contributed by atoms with Crippen molar-refractivity contribution in [1.82, 2.24) is 5.32 Å². The second-order valence-electron chi connectivity index (χ2n) is 6.32. The standard InChI is InChI=1S/C18H15F5N4O3/c1-25-7-9-2-4-10(5-3-9)26-8-12-14(20)13(19)6-11(16(24)28)15(12)27(26)30-17(29)18(21,22)23/h2-6,25H,7-8H2,1H3,(H2,24,28). The molecule has 0 aliphatic carbocycles. The number of hydrogen-bond acceptors (Lipinski definition) is 6. The third kappa shape index (κ3) is 3.85. The smallest absolute Gasteiger partial charge is 0.366 e. The molecule has 0 spiro atoms. The van der Waals surface area contributed by atoms with E-state index in [-0.39, 0.29) is 5.69 Å². The fourth-order valence-electron chi connectivity index (χ4n) is 2.97. The van der Waals surface area contributed by atoms with Crippen molar-refractivity contribution in [1.29, 1.82) is 0 Å². The summed E-state index contributed by atoms with van der Waals surface area (Å²) in [7, 11) is 1.71. The van der Waals surface area contributed by atoms with Crippen LogP contribution in [0.2, 0.25) is 0 Å². The minimum atomic E-state index is -5.38. The highest BCUT2D eigenvalue weighted by Crippen LogP contribution is 2.40. The number of nitrogens with one attached hydrogen (secondary N) is 1. The number of benzene rings is 2. The van der Waals surface area contributed by atoms with Gasteiger partial charge in [0.15, 0.2) is 11.6 Å². The van der Waals surface area contributed by atoms with Gasteiger partial charge in [0.2, 0.25) is 0 Å². The Morgan fingerprint density at radius 1 is 1.20 bits per heavy atom. The fraction of sp³-hybridized carbons (Fsp3) is 0.222. The molecule has 0 saturated carbocycles. The summed E-state index contributed by atoms with van der Waals surface area (Å²) in [5.74, 6) is -6.69. The third-order valence-corrected chi connectivity index (χ3v) is 4.29. The van der Waals surface area contributed by atoms with Gasteiger partial charge in [-0.05, 0) is 30.8 Å². The zero-order valence-electron chi connectivity index (χ0n) is 15.4. The molecule has 7 nitrogen and oxygen atoms in total. The second kappa shape index (κ2) is 7.78. The molecule has 0 aromatic heterocycles. The fourth-order valence-corrected chi connectivity index (χ4v) is 2.97. The summed E-state index contributed by atoms with van der Waals surface area (Å²) in [6, 6.07) is 6.65. The molecular weight excluding hydrogens is 415 g/mol. The van der Waals surface area contributed by atoms with Crippen LogP contribution in [-0.2, 0) is 22.7 Å². The predicted molar refractivity (Wildman–Crippen MR) is 94.9 cm³/mol. The number of nitrogens with zero attached hydrogens (tertiary/aromatic N) is 2. The van der Waals surface area contributed by atoms with Gasteiger partial charge in [0, 0.05) is 12.1 Å². The largest absolute Gasteiger partial charge is 0.493 e. The Bertz CT molecular complexity index is 995. The van der Waals surface area contributed by atoms with Crippen LogP contribution in [0.1, 0.15) is 21.5 Å². The number of hydrogen-bond donors (Lipinski definition) is 2. The van der Waals surface area contributed by atoms with Gasteiger partial charge in [-0.1, -0.05) is 12.1 Å². The van der Waals surface area contributed by atoms with E-state index < -0.39 is 53.0 Å². The van der Waals surface area contributed by atoms with Crippen LogP contribution in [0.5, 0.6) is 0 Å². The summed E-state index contributed by atoms with van der Waals surface area (Å²) in [5, 5.41) is 4.17. The zero-order chi connectivity index (χ0) is 22.2. The minimum absolute atomic E-state index is 0.191. The number of nitrogens with two attached hydrogens (primary N) is 1. The van der Waals surface area contributed by atoms with E-state index in [1.54, 1.807) is 19.2 Å². The van der Waals surface area contributed by atoms with E-state index in [1.165, 1.54) is 12.1 Å². The number of hydrazine groups is 1. The van der Waals surface area contributed by atoms with Crippen molar-refractivity contribution in [2.75, 3.05) is 17.2 Å². The SMILES string of the molecule is CNCc1ccc(N2Cc3c(F)c(F)cc(C(N)=O)c3N2OC(=O)C(F)(F)F)cc1. The van der Waals surface area contributed by atoms with Crippen molar-refractivity contribution in [2.24, 2.45) is 5.73 Å². The first-order valence-electron chi connectivity index (χ1n) is 8.45. The van der Waals surface area contributed by atoms with Crippen LogP contribution in [0, 0.1) is 11.6 Å². The monoisotopic (exact) mass is 430 g/mol. The maximum absolute atomic E-state index is 14.4. The summed E-state index contributed by atoms with van der Waals surface area (Å²) in [6.45, 7) is -0.0192. The Morgan fingerprint density at radius 3 is 2.37 bits per heavy atom. The highest BCUT2D eigenvalue weighted by molar-refractivity contribution is 6.00. The lowest BCUT2D eigenvalue weighted by Gasteiger charge is -2.30. The number of fused-ring (bicyclic) bond motifs is 1. The first-order chi connectivity index (χ1) is 14.0. The van der Waals surface area contributed by atoms with Crippen LogP contribution in [0.15, 0.2) is 30.3 Å². The summed E-state index contributed by atoms with van der Waals surface area (Å²) in [6.07, 6.45) is -5.38. The molecule has 2 aromatic rings. The molecule has 0 bridgehead atoms. The summed E-state index contributed by atoms with van der Waals surface area (Å²) >= 11 is 0. The lowest BCUT2D eigenvalue weighted by atomic mass is 10.1. The maximum atomic E-state index is 14.4. The molecule has 2 aromatic carbocycles. The Morgan fingerprint density at radius 2 is 1.83 bits per heavy atom. The van der Waals surface area contributed by atoms with Gasteiger partial charge in [-0.2, -0.15) is 13.2 Å². The zero-order valence-corrected chi connectivity index (χ0v) is 15.4. The Hall–Kier alpha value is -3.41. The van der Waals surface area contributed by atoms with Gasteiger partial charge < -0.3 is 15.9 Å². The maximum Gasteiger partial charge on any atom is 0.493 e.